The normalized spacial score (nSPS) is 36.9. The molecule has 7 nitrogen and oxygen atoms in total. The smallest absolute Gasteiger partial charge is 0.406 e. The number of aliphatic hydroxyl groups excluding tert-OH is 3. The number of rotatable bonds is 2. The van der Waals surface area contributed by atoms with Gasteiger partial charge >= 0.3 is 6.09 Å². The van der Waals surface area contributed by atoms with E-state index in [2.05, 4.69) is 10.1 Å². The Balaban J connectivity index is 2.36. The number of aliphatic hydroxyl groups is 3. The van der Waals surface area contributed by atoms with Crippen LogP contribution < -0.4 is 5.32 Å². The molecule has 82 valence electrons. The summed E-state index contributed by atoms with van der Waals surface area (Å²) >= 11 is 0. The molecule has 1 heterocycles. The van der Waals surface area contributed by atoms with Gasteiger partial charge in [-0.15, -0.1) is 0 Å². The van der Waals surface area contributed by atoms with Crippen molar-refractivity contribution in [1.29, 1.82) is 0 Å². The highest BCUT2D eigenvalue weighted by atomic mass is 16.6. The Morgan fingerprint density at radius 3 is 2.50 bits per heavy atom. The fourth-order valence-electron chi connectivity index (χ4n) is 1.15. The van der Waals surface area contributed by atoms with Crippen molar-refractivity contribution >= 4 is 6.09 Å². The molecule has 1 aliphatic rings. The summed E-state index contributed by atoms with van der Waals surface area (Å²) in [6.07, 6.45) is -5.49. The molecule has 0 aromatic rings. The van der Waals surface area contributed by atoms with E-state index in [-0.39, 0.29) is 6.54 Å². The molecule has 7 heteroatoms. The lowest BCUT2D eigenvalue weighted by Crippen LogP contribution is -2.39. The summed E-state index contributed by atoms with van der Waals surface area (Å²) in [4.78, 5) is 10.6. The molecule has 1 saturated heterocycles. The average Bonchev–Trinajstić information content (AvgIpc) is 2.42. The van der Waals surface area contributed by atoms with Gasteiger partial charge in [0, 0.05) is 6.54 Å². The number of hydrogen-bond donors (Lipinski definition) is 4. The maximum absolute atomic E-state index is 10.6. The van der Waals surface area contributed by atoms with Gasteiger partial charge in [-0.1, -0.05) is 0 Å². The van der Waals surface area contributed by atoms with Crippen molar-refractivity contribution < 1.29 is 29.6 Å². The molecule has 1 fully saturated rings. The van der Waals surface area contributed by atoms with Crippen molar-refractivity contribution in [3.63, 3.8) is 0 Å². The summed E-state index contributed by atoms with van der Waals surface area (Å²) < 4.78 is 9.05. The van der Waals surface area contributed by atoms with Crippen LogP contribution in [0.2, 0.25) is 0 Å². The lowest BCUT2D eigenvalue weighted by atomic mass is 10.1. The summed E-state index contributed by atoms with van der Waals surface area (Å²) in [5.41, 5.74) is 0. The van der Waals surface area contributed by atoms with Gasteiger partial charge in [0.05, 0.1) is 7.11 Å². The van der Waals surface area contributed by atoms with Crippen molar-refractivity contribution in [2.75, 3.05) is 13.7 Å². The Morgan fingerprint density at radius 1 is 1.43 bits per heavy atom. The molecule has 0 spiro atoms. The van der Waals surface area contributed by atoms with Gasteiger partial charge in [-0.25, -0.2) is 4.79 Å². The summed E-state index contributed by atoms with van der Waals surface area (Å²) in [7, 11) is 1.20. The summed E-state index contributed by atoms with van der Waals surface area (Å²) in [5, 5.41) is 29.6. The Kier molecular flexibility index (Phi) is 3.64. The molecule has 0 bridgehead atoms. The van der Waals surface area contributed by atoms with E-state index in [1.165, 1.54) is 7.11 Å². The van der Waals surface area contributed by atoms with E-state index < -0.39 is 30.7 Å². The largest absolute Gasteiger partial charge is 0.453 e. The molecule has 1 rings (SSSR count). The Labute approximate surface area is 80.2 Å². The molecule has 0 saturated carbocycles. The zero-order valence-corrected chi connectivity index (χ0v) is 7.58. The van der Waals surface area contributed by atoms with Gasteiger partial charge in [-0.05, 0) is 0 Å². The van der Waals surface area contributed by atoms with Crippen molar-refractivity contribution in [1.82, 2.24) is 5.32 Å². The summed E-state index contributed by atoms with van der Waals surface area (Å²) in [6, 6.07) is 0. The number of ether oxygens (including phenoxy) is 2. The zero-order valence-electron chi connectivity index (χ0n) is 7.58. The van der Waals surface area contributed by atoms with Crippen LogP contribution in [-0.4, -0.2) is 59.7 Å². The fraction of sp³-hybridized carbons (Fsp3) is 0.857. The number of alkyl carbamates (subject to hydrolysis) is 1. The number of carbonyl (C=O) groups is 1. The number of carbonyl (C=O) groups excluding carboxylic acids is 1. The van der Waals surface area contributed by atoms with Gasteiger partial charge in [-0.2, -0.15) is 0 Å². The van der Waals surface area contributed by atoms with Gasteiger partial charge in [0.25, 0.3) is 0 Å². The molecule has 4 N–H and O–H groups in total. The minimum Gasteiger partial charge on any atom is -0.453 e. The first-order valence-electron chi connectivity index (χ1n) is 4.07. The van der Waals surface area contributed by atoms with Crippen LogP contribution >= 0.6 is 0 Å². The monoisotopic (exact) mass is 207 g/mol. The molecule has 4 unspecified atom stereocenters. The van der Waals surface area contributed by atoms with Crippen LogP contribution in [0.25, 0.3) is 0 Å². The highest BCUT2D eigenvalue weighted by molar-refractivity contribution is 5.66. The Bertz CT molecular complexity index is 210. The molecular formula is C7H13NO6. The first kappa shape index (κ1) is 11.2. The lowest BCUT2D eigenvalue weighted by Gasteiger charge is -2.13. The number of methoxy groups -OCH3 is 1. The van der Waals surface area contributed by atoms with E-state index in [1.54, 1.807) is 0 Å². The molecule has 0 aromatic heterocycles. The average molecular weight is 207 g/mol. The zero-order chi connectivity index (χ0) is 10.7. The van der Waals surface area contributed by atoms with Gasteiger partial charge in [0.2, 0.25) is 0 Å². The third-order valence-corrected chi connectivity index (χ3v) is 1.97. The second-order valence-electron chi connectivity index (χ2n) is 2.92. The van der Waals surface area contributed by atoms with Gasteiger partial charge < -0.3 is 30.1 Å². The highest BCUT2D eigenvalue weighted by Gasteiger charge is 2.41. The summed E-state index contributed by atoms with van der Waals surface area (Å²) in [6.45, 7) is -0.0397. The van der Waals surface area contributed by atoms with Crippen LogP contribution in [0, 0.1) is 0 Å². The first-order chi connectivity index (χ1) is 6.56. The van der Waals surface area contributed by atoms with Crippen molar-refractivity contribution in [3.05, 3.63) is 0 Å². The van der Waals surface area contributed by atoms with E-state index in [4.69, 9.17) is 14.9 Å². The minimum absolute atomic E-state index is 0.0397. The van der Waals surface area contributed by atoms with Crippen molar-refractivity contribution in [2.45, 2.75) is 24.6 Å². The lowest BCUT2D eigenvalue weighted by molar-refractivity contribution is -0.126. The van der Waals surface area contributed by atoms with E-state index in [0.29, 0.717) is 0 Å². The van der Waals surface area contributed by atoms with E-state index in [0.717, 1.165) is 0 Å². The van der Waals surface area contributed by atoms with Crippen LogP contribution in [0.4, 0.5) is 4.79 Å². The molecule has 4 atom stereocenters. The minimum atomic E-state index is -1.42. The van der Waals surface area contributed by atoms with Crippen molar-refractivity contribution in [2.24, 2.45) is 0 Å². The van der Waals surface area contributed by atoms with E-state index in [9.17, 15) is 9.90 Å². The van der Waals surface area contributed by atoms with Crippen LogP contribution in [0.15, 0.2) is 0 Å². The predicted molar refractivity (Wildman–Crippen MR) is 43.3 cm³/mol. The predicted octanol–water partition coefficient (Wildman–Crippen LogP) is -2.22. The fourth-order valence-corrected chi connectivity index (χ4v) is 1.15. The number of hydrogen-bond acceptors (Lipinski definition) is 6. The van der Waals surface area contributed by atoms with Crippen LogP contribution in [0.3, 0.4) is 0 Å². The maximum atomic E-state index is 10.6. The van der Waals surface area contributed by atoms with Crippen molar-refractivity contribution in [3.8, 4) is 0 Å². The van der Waals surface area contributed by atoms with Gasteiger partial charge in [-0.3, -0.25) is 0 Å². The molecule has 0 radical (unpaired) electrons. The first-order valence-corrected chi connectivity index (χ1v) is 4.07. The molecule has 0 aliphatic carbocycles. The van der Waals surface area contributed by atoms with Crippen LogP contribution in [0.5, 0.6) is 0 Å². The second kappa shape index (κ2) is 4.56. The topological polar surface area (TPSA) is 108 Å². The molecule has 0 aromatic carbocycles. The van der Waals surface area contributed by atoms with Gasteiger partial charge in [0.15, 0.2) is 6.29 Å². The molecule has 1 amide bonds. The second-order valence-corrected chi connectivity index (χ2v) is 2.92. The molecule has 14 heavy (non-hydrogen) atoms. The standard InChI is InChI=1S/C7H13NO6/c1-13-7(12)8-2-3-4(9)5(10)6(11)14-3/h3-6,9-11H,2H2,1H3,(H,8,12). The van der Waals surface area contributed by atoms with E-state index in [1.807, 2.05) is 0 Å². The number of amides is 1. The summed E-state index contributed by atoms with van der Waals surface area (Å²) in [5.74, 6) is 0. The Hall–Kier alpha value is -0.890. The van der Waals surface area contributed by atoms with Crippen LogP contribution in [-0.2, 0) is 9.47 Å². The van der Waals surface area contributed by atoms with E-state index >= 15 is 0 Å². The third-order valence-electron chi connectivity index (χ3n) is 1.97. The maximum Gasteiger partial charge on any atom is 0.406 e. The molecule has 1 aliphatic heterocycles. The quantitative estimate of drug-likeness (QED) is 0.408. The molecular weight excluding hydrogens is 194 g/mol. The van der Waals surface area contributed by atoms with Gasteiger partial charge in [0.1, 0.15) is 18.3 Å². The SMILES string of the molecule is COC(=O)NCC1OC(O)C(O)C1O. The van der Waals surface area contributed by atoms with Crippen LogP contribution in [0.1, 0.15) is 0 Å². The highest BCUT2D eigenvalue weighted by Crippen LogP contribution is 2.18. The number of nitrogens with one attached hydrogen (secondary N) is 1. The Morgan fingerprint density at radius 2 is 2.07 bits per heavy atom. The third kappa shape index (κ3) is 2.32.